The van der Waals surface area contributed by atoms with E-state index in [4.69, 9.17) is 0 Å². The van der Waals surface area contributed by atoms with Crippen LogP contribution in [-0.4, -0.2) is 51.5 Å². The number of sulfonamides is 1. The molecule has 3 heterocycles. The van der Waals surface area contributed by atoms with Gasteiger partial charge >= 0.3 is 5.69 Å². The largest absolute Gasteiger partial charge is 0.350 e. The Balaban J connectivity index is 1.67. The number of fused-ring (bicyclic) bond motifs is 1. The number of hydrogen-bond acceptors (Lipinski definition) is 5. The van der Waals surface area contributed by atoms with Gasteiger partial charge in [0.15, 0.2) is 5.65 Å². The monoisotopic (exact) mass is 416 g/mol. The average Bonchev–Trinajstić information content (AvgIpc) is 3.04. The first kappa shape index (κ1) is 19.0. The van der Waals surface area contributed by atoms with Crippen molar-refractivity contribution in [3.8, 4) is 0 Å². The van der Waals surface area contributed by atoms with Crippen LogP contribution in [0.4, 0.5) is 0 Å². The van der Waals surface area contributed by atoms with Crippen LogP contribution in [0.15, 0.2) is 58.9 Å². The van der Waals surface area contributed by atoms with Gasteiger partial charge < -0.3 is 0 Å². The van der Waals surface area contributed by atoms with E-state index in [2.05, 4.69) is 11.7 Å². The smallest absolute Gasteiger partial charge is 0.249 e. The number of benzene rings is 1. The van der Waals surface area contributed by atoms with Gasteiger partial charge in [0.1, 0.15) is 0 Å². The van der Waals surface area contributed by atoms with E-state index in [-0.39, 0.29) is 10.6 Å². The summed E-state index contributed by atoms with van der Waals surface area (Å²) in [6, 6.07) is 10.8. The molecule has 0 aliphatic carbocycles. The summed E-state index contributed by atoms with van der Waals surface area (Å²) < 4.78 is 29.8. The molecule has 1 saturated heterocycles. The lowest BCUT2D eigenvalue weighted by atomic mass is 10.1. The molecular formula is C19H20N4O3S2. The molecule has 9 heteroatoms. The summed E-state index contributed by atoms with van der Waals surface area (Å²) in [5, 5.41) is 4.32. The van der Waals surface area contributed by atoms with Crippen molar-refractivity contribution in [2.24, 2.45) is 0 Å². The lowest BCUT2D eigenvalue weighted by molar-refractivity contribution is 0.443. The fraction of sp³-hybridized carbons (Fsp3) is 0.263. The van der Waals surface area contributed by atoms with Gasteiger partial charge in [-0.15, -0.1) is 5.10 Å². The van der Waals surface area contributed by atoms with Gasteiger partial charge in [-0.1, -0.05) is 36.9 Å². The molecule has 0 bridgehead atoms. The molecule has 0 N–H and O–H groups in total. The third-order valence-corrected chi connectivity index (χ3v) is 7.53. The minimum absolute atomic E-state index is 0.115. The van der Waals surface area contributed by atoms with Crippen LogP contribution in [0.1, 0.15) is 11.1 Å². The van der Waals surface area contributed by atoms with Crippen molar-refractivity contribution >= 4 is 33.5 Å². The van der Waals surface area contributed by atoms with Crippen molar-refractivity contribution in [3.63, 3.8) is 0 Å². The summed E-state index contributed by atoms with van der Waals surface area (Å²) in [7, 11) is -3.61. The van der Waals surface area contributed by atoms with Crippen LogP contribution in [-0.2, 0) is 16.6 Å². The van der Waals surface area contributed by atoms with Crippen LogP contribution in [0.5, 0.6) is 0 Å². The van der Waals surface area contributed by atoms with Gasteiger partial charge in [0.2, 0.25) is 10.0 Å². The van der Waals surface area contributed by atoms with Gasteiger partial charge in [-0.3, -0.25) is 0 Å². The first-order valence-electron chi connectivity index (χ1n) is 8.87. The van der Waals surface area contributed by atoms with Crippen molar-refractivity contribution in [3.05, 3.63) is 70.8 Å². The molecule has 4 rings (SSSR count). The van der Waals surface area contributed by atoms with E-state index in [1.165, 1.54) is 25.7 Å². The minimum Gasteiger partial charge on any atom is -0.249 e. The average molecular weight is 417 g/mol. The molecule has 1 aliphatic rings. The summed E-state index contributed by atoms with van der Waals surface area (Å²) in [6.45, 7) is 5.01. The molecule has 1 aromatic carbocycles. The lowest BCUT2D eigenvalue weighted by Crippen LogP contribution is -2.38. The molecule has 0 atom stereocenters. The summed E-state index contributed by atoms with van der Waals surface area (Å²) in [5.74, 6) is 1.56. The van der Waals surface area contributed by atoms with E-state index in [9.17, 15) is 13.2 Å². The molecule has 2 aromatic heterocycles. The van der Waals surface area contributed by atoms with Crippen molar-refractivity contribution in [2.45, 2.75) is 11.4 Å². The van der Waals surface area contributed by atoms with E-state index in [0.29, 0.717) is 25.3 Å². The third-order valence-electron chi connectivity index (χ3n) is 4.71. The van der Waals surface area contributed by atoms with Gasteiger partial charge in [-0.05, 0) is 23.3 Å². The zero-order valence-electron chi connectivity index (χ0n) is 15.2. The van der Waals surface area contributed by atoms with Crippen LogP contribution < -0.4 is 5.69 Å². The standard InChI is InChI=1S/C19H20N4O3S2/c1-2-15-3-5-16(6-4-15)13-23-19(24)22-14-17(7-8-18(22)20-23)28(25,26)21-9-11-27-12-10-21/h2-8,14H,1,9-13H2. The van der Waals surface area contributed by atoms with Crippen LogP contribution in [0.2, 0.25) is 0 Å². The molecule has 146 valence electrons. The summed E-state index contributed by atoms with van der Waals surface area (Å²) in [6.07, 6.45) is 3.13. The normalized spacial score (nSPS) is 15.7. The molecule has 0 amide bonds. The van der Waals surface area contributed by atoms with Crippen molar-refractivity contribution in [1.82, 2.24) is 18.5 Å². The van der Waals surface area contributed by atoms with Crippen LogP contribution in [0, 0.1) is 0 Å². The van der Waals surface area contributed by atoms with Crippen molar-refractivity contribution < 1.29 is 8.42 Å². The Morgan fingerprint density at radius 1 is 1.11 bits per heavy atom. The highest BCUT2D eigenvalue weighted by Gasteiger charge is 2.27. The maximum Gasteiger partial charge on any atom is 0.350 e. The molecule has 0 radical (unpaired) electrons. The molecular weight excluding hydrogens is 396 g/mol. The third kappa shape index (κ3) is 3.52. The Hall–Kier alpha value is -2.36. The molecule has 1 aliphatic heterocycles. The lowest BCUT2D eigenvalue weighted by Gasteiger charge is -2.25. The number of pyridine rings is 1. The molecule has 0 spiro atoms. The highest BCUT2D eigenvalue weighted by molar-refractivity contribution is 7.99. The van der Waals surface area contributed by atoms with E-state index in [1.54, 1.807) is 23.9 Å². The number of hydrogen-bond donors (Lipinski definition) is 0. The molecule has 0 saturated carbocycles. The van der Waals surface area contributed by atoms with Gasteiger partial charge in [0.05, 0.1) is 11.4 Å². The second-order valence-electron chi connectivity index (χ2n) is 6.50. The van der Waals surface area contributed by atoms with E-state index < -0.39 is 10.0 Å². The Bertz CT molecular complexity index is 1170. The summed E-state index contributed by atoms with van der Waals surface area (Å²) in [4.78, 5) is 12.9. The highest BCUT2D eigenvalue weighted by Crippen LogP contribution is 2.20. The first-order valence-corrected chi connectivity index (χ1v) is 11.5. The van der Waals surface area contributed by atoms with Crippen LogP contribution in [0.3, 0.4) is 0 Å². The van der Waals surface area contributed by atoms with Gasteiger partial charge in [-0.25, -0.2) is 22.3 Å². The Morgan fingerprint density at radius 2 is 1.82 bits per heavy atom. The zero-order chi connectivity index (χ0) is 19.7. The molecule has 1 fully saturated rings. The quantitative estimate of drug-likeness (QED) is 0.635. The second-order valence-corrected chi connectivity index (χ2v) is 9.66. The van der Waals surface area contributed by atoms with Crippen LogP contribution >= 0.6 is 11.8 Å². The van der Waals surface area contributed by atoms with E-state index in [1.807, 2.05) is 24.3 Å². The second kappa shape index (κ2) is 7.57. The summed E-state index contributed by atoms with van der Waals surface area (Å²) >= 11 is 1.74. The predicted octanol–water partition coefficient (Wildman–Crippen LogP) is 1.92. The summed E-state index contributed by atoms with van der Waals surface area (Å²) in [5.41, 5.74) is 1.97. The fourth-order valence-electron chi connectivity index (χ4n) is 3.12. The number of thioether (sulfide) groups is 1. The van der Waals surface area contributed by atoms with Gasteiger partial charge in [0, 0.05) is 30.8 Å². The molecule has 28 heavy (non-hydrogen) atoms. The SMILES string of the molecule is C=Cc1ccc(Cn2nc3ccc(S(=O)(=O)N4CCSCC4)cn3c2=O)cc1. The topological polar surface area (TPSA) is 76.7 Å². The van der Waals surface area contributed by atoms with Gasteiger partial charge in [-0.2, -0.15) is 16.1 Å². The molecule has 7 nitrogen and oxygen atoms in total. The van der Waals surface area contributed by atoms with E-state index in [0.717, 1.165) is 22.6 Å². The molecule has 0 unspecified atom stereocenters. The maximum atomic E-state index is 12.9. The predicted molar refractivity (Wildman–Crippen MR) is 111 cm³/mol. The van der Waals surface area contributed by atoms with Crippen molar-refractivity contribution in [1.29, 1.82) is 0 Å². The van der Waals surface area contributed by atoms with Crippen molar-refractivity contribution in [2.75, 3.05) is 24.6 Å². The first-order chi connectivity index (χ1) is 13.5. The number of rotatable bonds is 5. The maximum absolute atomic E-state index is 12.9. The number of aromatic nitrogens is 3. The van der Waals surface area contributed by atoms with Gasteiger partial charge in [0.25, 0.3) is 0 Å². The Labute approximate surface area is 167 Å². The minimum atomic E-state index is -3.61. The Morgan fingerprint density at radius 3 is 2.50 bits per heavy atom. The fourth-order valence-corrected chi connectivity index (χ4v) is 5.70. The van der Waals surface area contributed by atoms with Crippen LogP contribution in [0.25, 0.3) is 11.7 Å². The molecule has 3 aromatic rings. The highest BCUT2D eigenvalue weighted by atomic mass is 32.2. The number of nitrogens with zero attached hydrogens (tertiary/aromatic N) is 4. The Kier molecular flexibility index (Phi) is 5.13. The zero-order valence-corrected chi connectivity index (χ0v) is 16.8. The van der Waals surface area contributed by atoms with E-state index >= 15 is 0 Å².